The Labute approximate surface area is 125 Å². The molecule has 0 aromatic carbocycles. The standard InChI is InChI=1S/C16H23N3O2/c1-19-9-7-14(8-10-19)21-15-6-5-13(11-17-15)18-16(20)12-3-2-4-12/h5-6,11-12,14H,2-4,7-10H2,1H3,(H,18,20). The van der Waals surface area contributed by atoms with Gasteiger partial charge in [0.25, 0.3) is 0 Å². The van der Waals surface area contributed by atoms with Crippen LogP contribution in [0.25, 0.3) is 0 Å². The number of nitrogens with zero attached hydrogens (tertiary/aromatic N) is 2. The number of carbonyl (C=O) groups excluding carboxylic acids is 1. The number of nitrogens with one attached hydrogen (secondary N) is 1. The summed E-state index contributed by atoms with van der Waals surface area (Å²) in [6.45, 7) is 2.14. The zero-order valence-electron chi connectivity index (χ0n) is 12.5. The normalized spacial score (nSPS) is 20.8. The zero-order valence-corrected chi connectivity index (χ0v) is 12.5. The van der Waals surface area contributed by atoms with Crippen molar-refractivity contribution in [1.82, 2.24) is 9.88 Å². The van der Waals surface area contributed by atoms with Crippen LogP contribution in [0.2, 0.25) is 0 Å². The molecule has 0 spiro atoms. The Balaban J connectivity index is 1.50. The SMILES string of the molecule is CN1CCC(Oc2ccc(NC(=O)C3CCC3)cn2)CC1. The van der Waals surface area contributed by atoms with Gasteiger partial charge in [0.1, 0.15) is 6.10 Å². The first-order valence-electron chi connectivity index (χ1n) is 7.83. The molecule has 1 saturated heterocycles. The van der Waals surface area contributed by atoms with E-state index in [4.69, 9.17) is 4.74 Å². The molecule has 1 aliphatic heterocycles. The number of amides is 1. The van der Waals surface area contributed by atoms with Crippen LogP contribution in [-0.2, 0) is 4.79 Å². The average molecular weight is 289 g/mol. The minimum atomic E-state index is 0.118. The lowest BCUT2D eigenvalue weighted by atomic mass is 9.85. The molecule has 1 N–H and O–H groups in total. The third-order valence-corrected chi connectivity index (χ3v) is 4.43. The summed E-state index contributed by atoms with van der Waals surface area (Å²) in [6, 6.07) is 3.71. The van der Waals surface area contributed by atoms with Gasteiger partial charge in [-0.15, -0.1) is 0 Å². The van der Waals surface area contributed by atoms with Gasteiger partial charge in [-0.25, -0.2) is 4.98 Å². The molecule has 0 unspecified atom stereocenters. The molecule has 1 aliphatic carbocycles. The van der Waals surface area contributed by atoms with Gasteiger partial charge in [0.05, 0.1) is 11.9 Å². The summed E-state index contributed by atoms with van der Waals surface area (Å²) >= 11 is 0. The van der Waals surface area contributed by atoms with Gasteiger partial charge in [0.15, 0.2) is 0 Å². The molecule has 114 valence electrons. The third-order valence-electron chi connectivity index (χ3n) is 4.43. The molecular weight excluding hydrogens is 266 g/mol. The van der Waals surface area contributed by atoms with E-state index in [1.54, 1.807) is 6.20 Å². The van der Waals surface area contributed by atoms with E-state index in [0.29, 0.717) is 5.88 Å². The fraction of sp³-hybridized carbons (Fsp3) is 0.625. The summed E-state index contributed by atoms with van der Waals surface area (Å²) in [6.07, 6.45) is 7.20. The number of rotatable bonds is 4. The number of carbonyl (C=O) groups is 1. The molecule has 2 fully saturated rings. The van der Waals surface area contributed by atoms with E-state index in [1.807, 2.05) is 12.1 Å². The van der Waals surface area contributed by atoms with Gasteiger partial charge >= 0.3 is 0 Å². The number of hydrogen-bond donors (Lipinski definition) is 1. The van der Waals surface area contributed by atoms with Crippen molar-refractivity contribution in [3.8, 4) is 5.88 Å². The Morgan fingerprint density at radius 3 is 2.62 bits per heavy atom. The summed E-state index contributed by atoms with van der Waals surface area (Å²) in [5.74, 6) is 0.957. The van der Waals surface area contributed by atoms with E-state index in [-0.39, 0.29) is 17.9 Å². The molecule has 5 heteroatoms. The van der Waals surface area contributed by atoms with Crippen molar-refractivity contribution in [2.75, 3.05) is 25.5 Å². The molecule has 2 aliphatic rings. The zero-order chi connectivity index (χ0) is 14.7. The summed E-state index contributed by atoms with van der Waals surface area (Å²) in [4.78, 5) is 18.5. The Kier molecular flexibility index (Phi) is 4.39. The van der Waals surface area contributed by atoms with E-state index >= 15 is 0 Å². The molecule has 0 atom stereocenters. The molecule has 1 aromatic heterocycles. The Morgan fingerprint density at radius 1 is 1.29 bits per heavy atom. The van der Waals surface area contributed by atoms with Crippen molar-refractivity contribution in [2.45, 2.75) is 38.2 Å². The molecular formula is C16H23N3O2. The lowest BCUT2D eigenvalue weighted by molar-refractivity contribution is -0.122. The Bertz CT molecular complexity index is 477. The molecule has 1 amide bonds. The lowest BCUT2D eigenvalue weighted by Gasteiger charge is -2.28. The van der Waals surface area contributed by atoms with Crippen LogP contribution < -0.4 is 10.1 Å². The molecule has 21 heavy (non-hydrogen) atoms. The largest absolute Gasteiger partial charge is 0.474 e. The topological polar surface area (TPSA) is 54.5 Å². The highest BCUT2D eigenvalue weighted by molar-refractivity contribution is 5.92. The highest BCUT2D eigenvalue weighted by atomic mass is 16.5. The van der Waals surface area contributed by atoms with Gasteiger partial charge in [0, 0.05) is 25.1 Å². The van der Waals surface area contributed by atoms with Crippen molar-refractivity contribution in [1.29, 1.82) is 0 Å². The second kappa shape index (κ2) is 6.43. The van der Waals surface area contributed by atoms with Crippen molar-refractivity contribution in [3.63, 3.8) is 0 Å². The number of aromatic nitrogens is 1. The molecule has 2 heterocycles. The summed E-state index contributed by atoms with van der Waals surface area (Å²) in [5, 5.41) is 2.92. The third kappa shape index (κ3) is 3.73. The summed E-state index contributed by atoms with van der Waals surface area (Å²) in [5.41, 5.74) is 0.752. The fourth-order valence-corrected chi connectivity index (χ4v) is 2.71. The Hall–Kier alpha value is -1.62. The smallest absolute Gasteiger partial charge is 0.227 e. The van der Waals surface area contributed by atoms with Gasteiger partial charge in [0.2, 0.25) is 11.8 Å². The van der Waals surface area contributed by atoms with Crippen LogP contribution >= 0.6 is 0 Å². The predicted molar refractivity (Wildman–Crippen MR) is 81.4 cm³/mol. The van der Waals surface area contributed by atoms with Crippen LogP contribution in [0.4, 0.5) is 5.69 Å². The van der Waals surface area contributed by atoms with Crippen LogP contribution in [-0.4, -0.2) is 42.0 Å². The second-order valence-electron chi connectivity index (χ2n) is 6.12. The quantitative estimate of drug-likeness (QED) is 0.924. The van der Waals surface area contributed by atoms with Crippen molar-refractivity contribution in [2.24, 2.45) is 5.92 Å². The highest BCUT2D eigenvalue weighted by Gasteiger charge is 2.25. The first-order valence-corrected chi connectivity index (χ1v) is 7.83. The summed E-state index contributed by atoms with van der Waals surface area (Å²) in [7, 11) is 2.13. The molecule has 5 nitrogen and oxygen atoms in total. The fourth-order valence-electron chi connectivity index (χ4n) is 2.71. The van der Waals surface area contributed by atoms with Crippen molar-refractivity contribution in [3.05, 3.63) is 18.3 Å². The van der Waals surface area contributed by atoms with Gasteiger partial charge in [-0.05, 0) is 38.8 Å². The maximum atomic E-state index is 11.9. The predicted octanol–water partition coefficient (Wildman–Crippen LogP) is 2.29. The van der Waals surface area contributed by atoms with Crippen LogP contribution in [0.1, 0.15) is 32.1 Å². The molecule has 1 aromatic rings. The van der Waals surface area contributed by atoms with E-state index in [1.165, 1.54) is 6.42 Å². The average Bonchev–Trinajstić information content (AvgIpc) is 2.41. The van der Waals surface area contributed by atoms with Crippen molar-refractivity contribution < 1.29 is 9.53 Å². The number of hydrogen-bond acceptors (Lipinski definition) is 4. The number of pyridine rings is 1. The van der Waals surface area contributed by atoms with E-state index in [9.17, 15) is 4.79 Å². The minimum absolute atomic E-state index is 0.118. The first kappa shape index (κ1) is 14.3. The minimum Gasteiger partial charge on any atom is -0.474 e. The number of likely N-dealkylation sites (tertiary alicyclic amines) is 1. The molecule has 1 saturated carbocycles. The van der Waals surface area contributed by atoms with Gasteiger partial charge in [-0.2, -0.15) is 0 Å². The maximum Gasteiger partial charge on any atom is 0.227 e. The highest BCUT2D eigenvalue weighted by Crippen LogP contribution is 2.27. The number of anilines is 1. The van der Waals surface area contributed by atoms with E-state index in [0.717, 1.165) is 44.5 Å². The maximum absolute atomic E-state index is 11.9. The van der Waals surface area contributed by atoms with E-state index < -0.39 is 0 Å². The van der Waals surface area contributed by atoms with Crippen LogP contribution in [0.5, 0.6) is 5.88 Å². The van der Waals surface area contributed by atoms with Crippen LogP contribution in [0.3, 0.4) is 0 Å². The van der Waals surface area contributed by atoms with Crippen molar-refractivity contribution >= 4 is 11.6 Å². The summed E-state index contributed by atoms with van der Waals surface area (Å²) < 4.78 is 5.89. The number of piperidine rings is 1. The monoisotopic (exact) mass is 289 g/mol. The Morgan fingerprint density at radius 2 is 2.05 bits per heavy atom. The van der Waals surface area contributed by atoms with Gasteiger partial charge < -0.3 is 15.0 Å². The van der Waals surface area contributed by atoms with E-state index in [2.05, 4.69) is 22.2 Å². The van der Waals surface area contributed by atoms with Gasteiger partial charge in [-0.1, -0.05) is 6.42 Å². The van der Waals surface area contributed by atoms with Gasteiger partial charge in [-0.3, -0.25) is 4.79 Å². The lowest BCUT2D eigenvalue weighted by Crippen LogP contribution is -2.35. The van der Waals surface area contributed by atoms with Crippen LogP contribution in [0, 0.1) is 5.92 Å². The van der Waals surface area contributed by atoms with Crippen LogP contribution in [0.15, 0.2) is 18.3 Å². The molecule has 0 bridgehead atoms. The molecule has 0 radical (unpaired) electrons. The first-order chi connectivity index (χ1) is 10.2. The number of ether oxygens (including phenoxy) is 1. The molecule has 3 rings (SSSR count). The second-order valence-corrected chi connectivity index (χ2v) is 6.12.